The Labute approximate surface area is 166 Å². The molecule has 0 saturated carbocycles. The van der Waals surface area contributed by atoms with E-state index in [-0.39, 0.29) is 5.92 Å². The topological polar surface area (TPSA) is 35.5 Å². The van der Waals surface area contributed by atoms with E-state index in [9.17, 15) is 4.79 Å². The molecule has 152 valence electrons. The van der Waals surface area contributed by atoms with Crippen LogP contribution in [0.4, 0.5) is 0 Å². The van der Waals surface area contributed by atoms with Gasteiger partial charge in [-0.2, -0.15) is 0 Å². The van der Waals surface area contributed by atoms with Crippen molar-refractivity contribution in [1.82, 2.24) is 0 Å². The first-order chi connectivity index (χ1) is 12.9. The Balaban J connectivity index is 0.000000277. The van der Waals surface area contributed by atoms with Crippen molar-refractivity contribution in [2.75, 3.05) is 7.11 Å². The van der Waals surface area contributed by atoms with Crippen molar-refractivity contribution in [1.29, 1.82) is 0 Å². The fourth-order valence-electron chi connectivity index (χ4n) is 3.61. The number of carbonyl (C=O) groups is 1. The van der Waals surface area contributed by atoms with Gasteiger partial charge in [-0.25, -0.2) is 0 Å². The molecule has 3 nitrogen and oxygen atoms in total. The van der Waals surface area contributed by atoms with Gasteiger partial charge in [0, 0.05) is 13.0 Å². The van der Waals surface area contributed by atoms with Crippen molar-refractivity contribution in [3.05, 3.63) is 46.5 Å². The molecular formula is C24H38O3. The van der Waals surface area contributed by atoms with Gasteiger partial charge in [0.1, 0.15) is 0 Å². The molecular weight excluding hydrogens is 336 g/mol. The van der Waals surface area contributed by atoms with E-state index >= 15 is 0 Å². The van der Waals surface area contributed by atoms with Gasteiger partial charge >= 0.3 is 0 Å². The molecule has 0 aliphatic heterocycles. The number of allylic oxidation sites excluding steroid dienone is 2. The largest absolute Gasteiger partial charge is 0.438 e. The Bertz CT molecular complexity index is 588. The van der Waals surface area contributed by atoms with Crippen LogP contribution in [0.1, 0.15) is 77.8 Å². The molecule has 0 radical (unpaired) electrons. The first-order valence-corrected chi connectivity index (χ1v) is 10.2. The highest BCUT2D eigenvalue weighted by Crippen LogP contribution is 2.36. The molecule has 4 atom stereocenters. The maximum atomic E-state index is 10.4. The van der Waals surface area contributed by atoms with Crippen LogP contribution >= 0.6 is 0 Å². The summed E-state index contributed by atoms with van der Waals surface area (Å²) in [6, 6.07) is 8.99. The number of ether oxygens (including phenoxy) is 2. The van der Waals surface area contributed by atoms with Gasteiger partial charge in [-0.1, -0.05) is 63.1 Å². The van der Waals surface area contributed by atoms with E-state index in [0.29, 0.717) is 18.3 Å². The molecule has 0 heterocycles. The van der Waals surface area contributed by atoms with Gasteiger partial charge in [-0.3, -0.25) is 4.79 Å². The SMILES string of the molecule is CCc1ccc(C(C)CC)cc1.COC(OC=O)C1CC(C)=C(C)CC1C. The molecule has 0 bridgehead atoms. The smallest absolute Gasteiger partial charge is 0.295 e. The summed E-state index contributed by atoms with van der Waals surface area (Å²) in [5.41, 5.74) is 5.76. The summed E-state index contributed by atoms with van der Waals surface area (Å²) in [6.45, 7) is 13.7. The molecule has 1 aliphatic rings. The lowest BCUT2D eigenvalue weighted by Gasteiger charge is -2.34. The normalized spacial score (nSPS) is 21.7. The summed E-state index contributed by atoms with van der Waals surface area (Å²) in [7, 11) is 1.58. The van der Waals surface area contributed by atoms with Crippen LogP contribution < -0.4 is 0 Å². The van der Waals surface area contributed by atoms with Crippen LogP contribution in [-0.4, -0.2) is 19.9 Å². The molecule has 2 rings (SSSR count). The fourth-order valence-corrected chi connectivity index (χ4v) is 3.61. The average Bonchev–Trinajstić information content (AvgIpc) is 2.69. The summed E-state index contributed by atoms with van der Waals surface area (Å²) in [4.78, 5) is 10.4. The van der Waals surface area contributed by atoms with Crippen molar-refractivity contribution < 1.29 is 14.3 Å². The zero-order valence-corrected chi connectivity index (χ0v) is 18.2. The highest BCUT2D eigenvalue weighted by molar-refractivity contribution is 5.37. The molecule has 0 fully saturated rings. The number of hydrogen-bond donors (Lipinski definition) is 0. The summed E-state index contributed by atoms with van der Waals surface area (Å²) in [5, 5.41) is 0. The number of carbonyl (C=O) groups excluding carboxylic acids is 1. The predicted octanol–water partition coefficient (Wildman–Crippen LogP) is 6.28. The Kier molecular flexibility index (Phi) is 10.4. The average molecular weight is 375 g/mol. The van der Waals surface area contributed by atoms with Crippen LogP contribution in [0.3, 0.4) is 0 Å². The highest BCUT2D eigenvalue weighted by atomic mass is 16.7. The minimum atomic E-state index is -0.402. The van der Waals surface area contributed by atoms with Crippen molar-refractivity contribution in [2.45, 2.75) is 79.4 Å². The van der Waals surface area contributed by atoms with Crippen LogP contribution in [0.15, 0.2) is 35.4 Å². The van der Waals surface area contributed by atoms with Crippen LogP contribution in [0.25, 0.3) is 0 Å². The second kappa shape index (κ2) is 12.0. The molecule has 0 amide bonds. The van der Waals surface area contributed by atoms with E-state index in [1.807, 2.05) is 0 Å². The number of benzene rings is 1. The van der Waals surface area contributed by atoms with Gasteiger partial charge in [0.15, 0.2) is 0 Å². The molecule has 0 spiro atoms. The third kappa shape index (κ3) is 7.14. The van der Waals surface area contributed by atoms with Crippen molar-refractivity contribution >= 4 is 6.47 Å². The number of methoxy groups -OCH3 is 1. The van der Waals surface area contributed by atoms with E-state index in [0.717, 1.165) is 19.3 Å². The molecule has 27 heavy (non-hydrogen) atoms. The van der Waals surface area contributed by atoms with Crippen LogP contribution in [0, 0.1) is 11.8 Å². The fraction of sp³-hybridized carbons (Fsp3) is 0.625. The zero-order chi connectivity index (χ0) is 20.4. The highest BCUT2D eigenvalue weighted by Gasteiger charge is 2.32. The third-order valence-electron chi connectivity index (χ3n) is 5.97. The molecule has 0 aromatic heterocycles. The number of hydrogen-bond acceptors (Lipinski definition) is 3. The minimum Gasteiger partial charge on any atom is -0.438 e. The Hall–Kier alpha value is -1.61. The van der Waals surface area contributed by atoms with Crippen LogP contribution in [-0.2, 0) is 20.7 Å². The number of aryl methyl sites for hydroxylation is 1. The van der Waals surface area contributed by atoms with Gasteiger partial charge in [0.25, 0.3) is 6.47 Å². The van der Waals surface area contributed by atoms with E-state index in [4.69, 9.17) is 9.47 Å². The Morgan fingerprint density at radius 2 is 1.70 bits per heavy atom. The standard InChI is InChI=1S/C12H20O3.C12H18/c1-8-5-10(3)11(6-9(8)2)12(14-4)15-7-13;1-4-10(3)12-8-6-11(5-2)7-9-12/h7,10-12H,5-6H2,1-4H3;6-10H,4-5H2,1-3H3. The van der Waals surface area contributed by atoms with Crippen molar-refractivity contribution in [3.8, 4) is 0 Å². The summed E-state index contributed by atoms with van der Waals surface area (Å²) in [6.07, 6.45) is 3.99. The Morgan fingerprint density at radius 1 is 1.11 bits per heavy atom. The van der Waals surface area contributed by atoms with Crippen molar-refractivity contribution in [3.63, 3.8) is 0 Å². The maximum Gasteiger partial charge on any atom is 0.295 e. The van der Waals surface area contributed by atoms with Crippen LogP contribution in [0.5, 0.6) is 0 Å². The molecule has 3 heteroatoms. The first-order valence-electron chi connectivity index (χ1n) is 10.2. The maximum absolute atomic E-state index is 10.4. The number of rotatable bonds is 7. The molecule has 1 aliphatic carbocycles. The lowest BCUT2D eigenvalue weighted by atomic mass is 9.77. The van der Waals surface area contributed by atoms with E-state index in [1.165, 1.54) is 28.7 Å². The molecule has 0 N–H and O–H groups in total. The zero-order valence-electron chi connectivity index (χ0n) is 18.2. The lowest BCUT2D eigenvalue weighted by molar-refractivity contribution is -0.175. The second-order valence-electron chi connectivity index (χ2n) is 7.85. The van der Waals surface area contributed by atoms with Gasteiger partial charge in [-0.05, 0) is 62.5 Å². The summed E-state index contributed by atoms with van der Waals surface area (Å²) >= 11 is 0. The predicted molar refractivity (Wildman–Crippen MR) is 113 cm³/mol. The molecule has 1 aromatic rings. The van der Waals surface area contributed by atoms with Gasteiger partial charge < -0.3 is 9.47 Å². The molecule has 1 aromatic carbocycles. The van der Waals surface area contributed by atoms with Gasteiger partial charge in [0.05, 0.1) is 0 Å². The van der Waals surface area contributed by atoms with Gasteiger partial charge in [0.2, 0.25) is 6.29 Å². The lowest BCUT2D eigenvalue weighted by Crippen LogP contribution is -2.33. The van der Waals surface area contributed by atoms with E-state index in [1.54, 1.807) is 7.11 Å². The second-order valence-corrected chi connectivity index (χ2v) is 7.85. The Morgan fingerprint density at radius 3 is 2.19 bits per heavy atom. The van der Waals surface area contributed by atoms with Crippen LogP contribution in [0.2, 0.25) is 0 Å². The van der Waals surface area contributed by atoms with Crippen molar-refractivity contribution in [2.24, 2.45) is 11.8 Å². The third-order valence-corrected chi connectivity index (χ3v) is 5.97. The summed E-state index contributed by atoms with van der Waals surface area (Å²) < 4.78 is 10.2. The molecule has 0 saturated heterocycles. The monoisotopic (exact) mass is 374 g/mol. The minimum absolute atomic E-state index is 0.281. The quantitative estimate of drug-likeness (QED) is 0.320. The first kappa shape index (κ1) is 23.4. The summed E-state index contributed by atoms with van der Waals surface area (Å²) in [5.74, 6) is 1.48. The van der Waals surface area contributed by atoms with E-state index in [2.05, 4.69) is 65.8 Å². The van der Waals surface area contributed by atoms with E-state index < -0.39 is 6.29 Å². The molecule has 4 unspecified atom stereocenters. The van der Waals surface area contributed by atoms with Gasteiger partial charge in [-0.15, -0.1) is 0 Å².